The normalized spacial score (nSPS) is 16.5. The number of carboxylic acid groups (broad SMARTS) is 1. The Hall–Kier alpha value is -1.80. The molecule has 7 nitrogen and oxygen atoms in total. The smallest absolute Gasteiger partial charge is 0.407 e. The van der Waals surface area contributed by atoms with Gasteiger partial charge in [0.25, 0.3) is 0 Å². The second kappa shape index (κ2) is 6.97. The van der Waals surface area contributed by atoms with Crippen molar-refractivity contribution in [2.24, 2.45) is 5.92 Å². The molecule has 2 rings (SSSR count). The van der Waals surface area contributed by atoms with E-state index in [1.54, 1.807) is 12.1 Å². The van der Waals surface area contributed by atoms with Crippen molar-refractivity contribution in [3.63, 3.8) is 0 Å². The molecule has 22 heavy (non-hydrogen) atoms. The zero-order valence-corrected chi connectivity index (χ0v) is 13.2. The summed E-state index contributed by atoms with van der Waals surface area (Å²) in [5.74, 6) is 0.633. The molecule has 0 spiro atoms. The number of hydrogen-bond donors (Lipinski definition) is 2. The Morgan fingerprint density at radius 3 is 2.68 bits per heavy atom. The Morgan fingerprint density at radius 2 is 2.09 bits per heavy atom. The van der Waals surface area contributed by atoms with E-state index >= 15 is 0 Å². The molecule has 1 fully saturated rings. The van der Waals surface area contributed by atoms with Crippen LogP contribution in [0.3, 0.4) is 0 Å². The maximum atomic E-state index is 12.2. The molecule has 2 N–H and O–H groups in total. The number of ether oxygens (including phenoxy) is 1. The van der Waals surface area contributed by atoms with E-state index in [-0.39, 0.29) is 10.8 Å². The summed E-state index contributed by atoms with van der Waals surface area (Å²) in [6.07, 6.45) is 0.398. The minimum absolute atomic E-state index is 0.149. The first-order chi connectivity index (χ1) is 10.4. The minimum atomic E-state index is -3.58. The molecule has 0 saturated carbocycles. The lowest BCUT2D eigenvalue weighted by Gasteiger charge is -2.29. The summed E-state index contributed by atoms with van der Waals surface area (Å²) in [5.41, 5.74) is 0. The van der Waals surface area contributed by atoms with Crippen molar-refractivity contribution in [3.8, 4) is 5.75 Å². The molecule has 0 unspecified atom stereocenters. The summed E-state index contributed by atoms with van der Waals surface area (Å²) >= 11 is 0. The highest BCUT2D eigenvalue weighted by Crippen LogP contribution is 2.19. The first kappa shape index (κ1) is 16.6. The minimum Gasteiger partial charge on any atom is -0.497 e. The van der Waals surface area contributed by atoms with Crippen LogP contribution in [0.25, 0.3) is 0 Å². The van der Waals surface area contributed by atoms with Crippen molar-refractivity contribution in [1.29, 1.82) is 0 Å². The van der Waals surface area contributed by atoms with Gasteiger partial charge in [0, 0.05) is 25.7 Å². The van der Waals surface area contributed by atoms with E-state index in [9.17, 15) is 13.2 Å². The molecule has 1 aliphatic rings. The Bertz CT molecular complexity index is 624. The molecule has 1 aliphatic heterocycles. The molecule has 0 radical (unpaired) electrons. The number of sulfonamides is 1. The zero-order chi connectivity index (χ0) is 16.2. The summed E-state index contributed by atoms with van der Waals surface area (Å²) in [6.45, 7) is 1.20. The van der Waals surface area contributed by atoms with Crippen LogP contribution in [0.2, 0.25) is 0 Å². The van der Waals surface area contributed by atoms with Gasteiger partial charge in [-0.25, -0.2) is 17.9 Å². The third-order valence-corrected chi connectivity index (χ3v) is 5.22. The molecule has 0 atom stereocenters. The van der Waals surface area contributed by atoms with E-state index in [1.807, 2.05) is 0 Å². The number of methoxy groups -OCH3 is 1. The molecule has 0 aromatic heterocycles. The SMILES string of the molecule is COc1cccc(S(=O)(=O)NCC2CCN(C(=O)O)CC2)c1. The maximum Gasteiger partial charge on any atom is 0.407 e. The van der Waals surface area contributed by atoms with E-state index in [0.717, 1.165) is 0 Å². The van der Waals surface area contributed by atoms with Crippen LogP contribution in [0, 0.1) is 5.92 Å². The van der Waals surface area contributed by atoms with Crippen LogP contribution < -0.4 is 9.46 Å². The average molecular weight is 328 g/mol. The van der Waals surface area contributed by atoms with Crippen LogP contribution >= 0.6 is 0 Å². The summed E-state index contributed by atoms with van der Waals surface area (Å²) < 4.78 is 32.1. The summed E-state index contributed by atoms with van der Waals surface area (Å²) in [5, 5.41) is 8.88. The molecular weight excluding hydrogens is 308 g/mol. The highest BCUT2D eigenvalue weighted by Gasteiger charge is 2.24. The fourth-order valence-corrected chi connectivity index (χ4v) is 3.56. The number of rotatable bonds is 5. The lowest BCUT2D eigenvalue weighted by atomic mass is 9.97. The van der Waals surface area contributed by atoms with Gasteiger partial charge in [-0.1, -0.05) is 6.07 Å². The van der Waals surface area contributed by atoms with Gasteiger partial charge in [-0.15, -0.1) is 0 Å². The number of carbonyl (C=O) groups is 1. The lowest BCUT2D eigenvalue weighted by Crippen LogP contribution is -2.40. The average Bonchev–Trinajstić information content (AvgIpc) is 2.53. The first-order valence-electron chi connectivity index (χ1n) is 7.04. The third-order valence-electron chi connectivity index (χ3n) is 3.80. The third kappa shape index (κ3) is 4.11. The molecule has 8 heteroatoms. The van der Waals surface area contributed by atoms with Gasteiger partial charge in [0.15, 0.2) is 0 Å². The zero-order valence-electron chi connectivity index (χ0n) is 12.4. The number of amides is 1. The molecule has 1 amide bonds. The van der Waals surface area contributed by atoms with Gasteiger partial charge in [-0.3, -0.25) is 0 Å². The van der Waals surface area contributed by atoms with Crippen molar-refractivity contribution in [1.82, 2.24) is 9.62 Å². The van der Waals surface area contributed by atoms with Crippen molar-refractivity contribution < 1.29 is 23.1 Å². The van der Waals surface area contributed by atoms with E-state index < -0.39 is 16.1 Å². The number of benzene rings is 1. The van der Waals surface area contributed by atoms with Crippen molar-refractivity contribution >= 4 is 16.1 Å². The summed E-state index contributed by atoms with van der Waals surface area (Å²) in [4.78, 5) is 12.3. The monoisotopic (exact) mass is 328 g/mol. The Kier molecular flexibility index (Phi) is 5.25. The van der Waals surface area contributed by atoms with E-state index in [0.29, 0.717) is 38.2 Å². The molecule has 0 bridgehead atoms. The Morgan fingerprint density at radius 1 is 1.41 bits per heavy atom. The van der Waals surface area contributed by atoms with Crippen molar-refractivity contribution in [2.75, 3.05) is 26.7 Å². The van der Waals surface area contributed by atoms with Gasteiger partial charge in [0.05, 0.1) is 12.0 Å². The van der Waals surface area contributed by atoms with Crippen LogP contribution in [0.15, 0.2) is 29.2 Å². The second-order valence-electron chi connectivity index (χ2n) is 5.24. The van der Waals surface area contributed by atoms with E-state index in [1.165, 1.54) is 24.1 Å². The molecule has 1 aromatic rings. The number of nitrogens with zero attached hydrogens (tertiary/aromatic N) is 1. The standard InChI is InChI=1S/C14H20N2O5S/c1-21-12-3-2-4-13(9-12)22(19,20)15-10-11-5-7-16(8-6-11)14(17)18/h2-4,9,11,15H,5-8,10H2,1H3,(H,17,18). The van der Waals surface area contributed by atoms with Gasteiger partial charge >= 0.3 is 6.09 Å². The summed E-state index contributed by atoms with van der Waals surface area (Å²) in [6, 6.07) is 6.28. The number of hydrogen-bond acceptors (Lipinski definition) is 4. The fraction of sp³-hybridized carbons (Fsp3) is 0.500. The van der Waals surface area contributed by atoms with E-state index in [4.69, 9.17) is 9.84 Å². The molecule has 1 aromatic carbocycles. The van der Waals surface area contributed by atoms with Crippen LogP contribution in [0.1, 0.15) is 12.8 Å². The van der Waals surface area contributed by atoms with Crippen LogP contribution in [-0.2, 0) is 10.0 Å². The summed E-state index contributed by atoms with van der Waals surface area (Å²) in [7, 11) is -2.10. The lowest BCUT2D eigenvalue weighted by molar-refractivity contribution is 0.125. The fourth-order valence-electron chi connectivity index (χ4n) is 2.41. The van der Waals surface area contributed by atoms with Crippen LogP contribution in [-0.4, -0.2) is 51.3 Å². The van der Waals surface area contributed by atoms with Gasteiger partial charge in [-0.2, -0.15) is 0 Å². The van der Waals surface area contributed by atoms with Gasteiger partial charge < -0.3 is 14.7 Å². The molecule has 1 saturated heterocycles. The largest absolute Gasteiger partial charge is 0.497 e. The Labute approximate surface area is 129 Å². The van der Waals surface area contributed by atoms with Gasteiger partial charge in [-0.05, 0) is 30.9 Å². The van der Waals surface area contributed by atoms with Crippen molar-refractivity contribution in [3.05, 3.63) is 24.3 Å². The van der Waals surface area contributed by atoms with Gasteiger partial charge in [0.2, 0.25) is 10.0 Å². The topological polar surface area (TPSA) is 95.9 Å². The quantitative estimate of drug-likeness (QED) is 0.851. The second-order valence-corrected chi connectivity index (χ2v) is 7.01. The van der Waals surface area contributed by atoms with Crippen LogP contribution in [0.4, 0.5) is 4.79 Å². The van der Waals surface area contributed by atoms with E-state index in [2.05, 4.69) is 4.72 Å². The number of likely N-dealkylation sites (tertiary alicyclic amines) is 1. The molecular formula is C14H20N2O5S. The van der Waals surface area contributed by atoms with Gasteiger partial charge in [0.1, 0.15) is 5.75 Å². The molecule has 1 heterocycles. The Balaban J connectivity index is 1.92. The maximum absolute atomic E-state index is 12.2. The van der Waals surface area contributed by atoms with Crippen LogP contribution in [0.5, 0.6) is 5.75 Å². The molecule has 0 aliphatic carbocycles. The highest BCUT2D eigenvalue weighted by molar-refractivity contribution is 7.89. The predicted octanol–water partition coefficient (Wildman–Crippen LogP) is 1.36. The predicted molar refractivity (Wildman–Crippen MR) is 80.5 cm³/mol. The highest BCUT2D eigenvalue weighted by atomic mass is 32.2. The van der Waals surface area contributed by atoms with Crippen molar-refractivity contribution in [2.45, 2.75) is 17.7 Å². The number of nitrogens with one attached hydrogen (secondary N) is 1. The molecule has 122 valence electrons. The number of piperidine rings is 1. The first-order valence-corrected chi connectivity index (χ1v) is 8.52.